The number of carbonyl (C=O) groups excluding carboxylic acids is 2. The molecule has 0 radical (unpaired) electrons. The van der Waals surface area contributed by atoms with E-state index in [0.717, 1.165) is 0 Å². The normalized spacial score (nSPS) is 11.9. The van der Waals surface area contributed by atoms with Crippen LogP contribution in [-0.4, -0.2) is 35.8 Å². The molecule has 0 bridgehead atoms. The number of nitrogens with one attached hydrogen (secondary N) is 2. The highest BCUT2D eigenvalue weighted by molar-refractivity contribution is 6.39. The highest BCUT2D eigenvalue weighted by Crippen LogP contribution is 2.29. The predicted molar refractivity (Wildman–Crippen MR) is 112 cm³/mol. The topological polar surface area (TPSA) is 61.4 Å². The summed E-state index contributed by atoms with van der Waals surface area (Å²) in [7, 11) is 0. The summed E-state index contributed by atoms with van der Waals surface area (Å²) >= 11 is 18.1. The molecule has 0 aliphatic heterocycles. The Labute approximate surface area is 173 Å². The molecule has 0 spiro atoms. The van der Waals surface area contributed by atoms with E-state index in [9.17, 15) is 9.59 Å². The molecule has 0 fully saturated rings. The van der Waals surface area contributed by atoms with Crippen LogP contribution in [0.5, 0.6) is 0 Å². The van der Waals surface area contributed by atoms with E-state index in [1.807, 2.05) is 6.92 Å². The van der Waals surface area contributed by atoms with Crippen molar-refractivity contribution in [2.24, 2.45) is 0 Å². The van der Waals surface area contributed by atoms with Gasteiger partial charge in [0.2, 0.25) is 11.8 Å². The van der Waals surface area contributed by atoms with E-state index in [0.29, 0.717) is 33.0 Å². The average Bonchev–Trinajstić information content (AvgIpc) is 2.62. The summed E-state index contributed by atoms with van der Waals surface area (Å²) < 4.78 is 0. The van der Waals surface area contributed by atoms with E-state index in [4.69, 9.17) is 34.8 Å². The minimum absolute atomic E-state index is 0.0161. The smallest absolute Gasteiger partial charge is 0.241 e. The fourth-order valence-electron chi connectivity index (χ4n) is 2.48. The number of rotatable bonds is 7. The maximum atomic E-state index is 12.5. The molecule has 0 aliphatic rings. The zero-order valence-corrected chi connectivity index (χ0v) is 17.2. The summed E-state index contributed by atoms with van der Waals surface area (Å²) in [6, 6.07) is 11.3. The van der Waals surface area contributed by atoms with Crippen LogP contribution in [0.4, 0.5) is 11.4 Å². The lowest BCUT2D eigenvalue weighted by Gasteiger charge is -2.26. The van der Waals surface area contributed by atoms with Crippen LogP contribution < -0.4 is 10.6 Å². The maximum absolute atomic E-state index is 12.5. The van der Waals surface area contributed by atoms with Crippen molar-refractivity contribution >= 4 is 58.0 Å². The SMILES string of the molecule is CCN(CC(=O)Nc1c(Cl)cccc1Cl)C(C)C(=O)Nc1cccc(Cl)c1. The van der Waals surface area contributed by atoms with Gasteiger partial charge in [0.15, 0.2) is 0 Å². The van der Waals surface area contributed by atoms with E-state index in [-0.39, 0.29) is 18.4 Å². The molecule has 144 valence electrons. The number of para-hydroxylation sites is 1. The van der Waals surface area contributed by atoms with Crippen molar-refractivity contribution in [1.29, 1.82) is 0 Å². The van der Waals surface area contributed by atoms with Crippen LogP contribution in [0.15, 0.2) is 42.5 Å². The number of likely N-dealkylation sites (N-methyl/N-ethyl adjacent to an activating group) is 1. The molecule has 27 heavy (non-hydrogen) atoms. The van der Waals surface area contributed by atoms with Crippen LogP contribution in [0.3, 0.4) is 0 Å². The first-order valence-electron chi connectivity index (χ1n) is 8.36. The Morgan fingerprint density at radius 3 is 2.26 bits per heavy atom. The first kappa shape index (κ1) is 21.5. The van der Waals surface area contributed by atoms with Crippen LogP contribution in [0.1, 0.15) is 13.8 Å². The van der Waals surface area contributed by atoms with Crippen LogP contribution in [0, 0.1) is 0 Å². The van der Waals surface area contributed by atoms with Crippen molar-refractivity contribution in [3.8, 4) is 0 Å². The van der Waals surface area contributed by atoms with E-state index in [1.165, 1.54) is 0 Å². The standard InChI is InChI=1S/C19H20Cl3N3O2/c1-3-25(11-17(26)24-18-15(21)8-5-9-16(18)22)12(2)19(27)23-14-7-4-6-13(20)10-14/h4-10,12H,3,11H2,1-2H3,(H,23,27)(H,24,26). The third kappa shape index (κ3) is 6.11. The number of hydrogen-bond donors (Lipinski definition) is 2. The summed E-state index contributed by atoms with van der Waals surface area (Å²) in [6.07, 6.45) is 0. The van der Waals surface area contributed by atoms with Gasteiger partial charge >= 0.3 is 0 Å². The van der Waals surface area contributed by atoms with Crippen molar-refractivity contribution in [2.45, 2.75) is 19.9 Å². The van der Waals surface area contributed by atoms with E-state index in [1.54, 1.807) is 54.3 Å². The number of benzene rings is 2. The number of halogens is 3. The highest BCUT2D eigenvalue weighted by atomic mass is 35.5. The van der Waals surface area contributed by atoms with Crippen molar-refractivity contribution in [3.05, 3.63) is 57.5 Å². The minimum Gasteiger partial charge on any atom is -0.325 e. The van der Waals surface area contributed by atoms with Gasteiger partial charge in [-0.05, 0) is 43.8 Å². The van der Waals surface area contributed by atoms with E-state index < -0.39 is 6.04 Å². The van der Waals surface area contributed by atoms with Gasteiger partial charge in [-0.1, -0.05) is 53.9 Å². The lowest BCUT2D eigenvalue weighted by atomic mass is 10.2. The summed E-state index contributed by atoms with van der Waals surface area (Å²) in [4.78, 5) is 26.6. The molecule has 2 amide bonds. The quantitative estimate of drug-likeness (QED) is 0.657. The first-order chi connectivity index (χ1) is 12.8. The summed E-state index contributed by atoms with van der Waals surface area (Å²) in [5.41, 5.74) is 0.959. The van der Waals surface area contributed by atoms with Gasteiger partial charge in [-0.2, -0.15) is 0 Å². The highest BCUT2D eigenvalue weighted by Gasteiger charge is 2.23. The molecule has 0 aromatic heterocycles. The third-order valence-electron chi connectivity index (χ3n) is 4.00. The zero-order valence-electron chi connectivity index (χ0n) is 14.9. The minimum atomic E-state index is -0.526. The second-order valence-electron chi connectivity index (χ2n) is 5.88. The fourth-order valence-corrected chi connectivity index (χ4v) is 3.16. The molecule has 0 saturated carbocycles. The van der Waals surface area contributed by atoms with Crippen molar-refractivity contribution in [3.63, 3.8) is 0 Å². The van der Waals surface area contributed by atoms with Gasteiger partial charge in [0.1, 0.15) is 0 Å². The lowest BCUT2D eigenvalue weighted by molar-refractivity contribution is -0.123. The number of anilines is 2. The second kappa shape index (κ2) is 9.95. The Morgan fingerprint density at radius 1 is 1.04 bits per heavy atom. The monoisotopic (exact) mass is 427 g/mol. The van der Waals surface area contributed by atoms with Gasteiger partial charge in [-0.15, -0.1) is 0 Å². The Balaban J connectivity index is 2.00. The van der Waals surface area contributed by atoms with E-state index in [2.05, 4.69) is 10.6 Å². The summed E-state index contributed by atoms with van der Waals surface area (Å²) in [6.45, 7) is 4.13. The molecule has 8 heteroatoms. The Bertz CT molecular complexity index is 809. The zero-order chi connectivity index (χ0) is 20.0. The predicted octanol–water partition coefficient (Wildman–Crippen LogP) is 4.93. The van der Waals surface area contributed by atoms with Crippen molar-refractivity contribution in [2.75, 3.05) is 23.7 Å². The van der Waals surface area contributed by atoms with Gasteiger partial charge in [-0.25, -0.2) is 0 Å². The second-order valence-corrected chi connectivity index (χ2v) is 7.13. The molecule has 5 nitrogen and oxygen atoms in total. The fraction of sp³-hybridized carbons (Fsp3) is 0.263. The molecule has 2 aromatic rings. The molecule has 0 saturated heterocycles. The largest absolute Gasteiger partial charge is 0.325 e. The molecule has 1 atom stereocenters. The lowest BCUT2D eigenvalue weighted by Crippen LogP contribution is -2.45. The third-order valence-corrected chi connectivity index (χ3v) is 4.86. The average molecular weight is 429 g/mol. The Hall–Kier alpha value is -1.79. The maximum Gasteiger partial charge on any atom is 0.241 e. The Morgan fingerprint density at radius 2 is 1.67 bits per heavy atom. The molecule has 1 unspecified atom stereocenters. The molecule has 0 heterocycles. The molecular weight excluding hydrogens is 409 g/mol. The first-order valence-corrected chi connectivity index (χ1v) is 9.49. The van der Waals surface area contributed by atoms with Crippen LogP contribution in [-0.2, 0) is 9.59 Å². The van der Waals surface area contributed by atoms with Gasteiger partial charge < -0.3 is 10.6 Å². The summed E-state index contributed by atoms with van der Waals surface area (Å²) in [5.74, 6) is -0.544. The van der Waals surface area contributed by atoms with Gasteiger partial charge in [0.05, 0.1) is 28.3 Å². The van der Waals surface area contributed by atoms with Gasteiger partial charge in [0, 0.05) is 10.7 Å². The van der Waals surface area contributed by atoms with Crippen molar-refractivity contribution in [1.82, 2.24) is 4.90 Å². The summed E-state index contributed by atoms with van der Waals surface area (Å²) in [5, 5.41) is 6.74. The van der Waals surface area contributed by atoms with E-state index >= 15 is 0 Å². The number of nitrogens with zero attached hydrogens (tertiary/aromatic N) is 1. The molecule has 0 aliphatic carbocycles. The van der Waals surface area contributed by atoms with Crippen LogP contribution >= 0.6 is 34.8 Å². The number of amides is 2. The molecule has 2 rings (SSSR count). The molecule has 2 N–H and O–H groups in total. The number of carbonyl (C=O) groups is 2. The van der Waals surface area contributed by atoms with Gasteiger partial charge in [0.25, 0.3) is 0 Å². The molecule has 2 aromatic carbocycles. The number of hydrogen-bond acceptors (Lipinski definition) is 3. The Kier molecular flexibility index (Phi) is 7.92. The van der Waals surface area contributed by atoms with Crippen molar-refractivity contribution < 1.29 is 9.59 Å². The van der Waals surface area contributed by atoms with Crippen LogP contribution in [0.2, 0.25) is 15.1 Å². The van der Waals surface area contributed by atoms with Gasteiger partial charge in [-0.3, -0.25) is 14.5 Å². The van der Waals surface area contributed by atoms with Crippen LogP contribution in [0.25, 0.3) is 0 Å². The molecular formula is C19H20Cl3N3O2.